The van der Waals surface area contributed by atoms with E-state index in [0.29, 0.717) is 11.9 Å². The van der Waals surface area contributed by atoms with Crippen LogP contribution >= 0.6 is 0 Å². The minimum Gasteiger partial charge on any atom is -0.410 e. The molecule has 5 nitrogen and oxygen atoms in total. The number of nitrogens with one attached hydrogen (secondary N) is 2. The Morgan fingerprint density at radius 2 is 2.30 bits per heavy atom. The summed E-state index contributed by atoms with van der Waals surface area (Å²) in [6.07, 6.45) is 1.20. The molecule has 1 unspecified atom stereocenters. The zero-order valence-corrected chi connectivity index (χ0v) is 12.5. The molecule has 5 heteroatoms. The SMILES string of the molecule is CNC(=O)Oc1ccc2c(c1)[C@]1(C)CC[NH+](C)[C@@H]1N2C. The van der Waals surface area contributed by atoms with Crippen LogP contribution in [0.3, 0.4) is 0 Å². The van der Waals surface area contributed by atoms with Gasteiger partial charge in [0.05, 0.1) is 19.0 Å². The Labute approximate surface area is 119 Å². The van der Waals surface area contributed by atoms with Crippen molar-refractivity contribution in [2.24, 2.45) is 0 Å². The summed E-state index contributed by atoms with van der Waals surface area (Å²) in [6.45, 7) is 3.49. The molecule has 0 spiro atoms. The molecular weight excluding hydrogens is 254 g/mol. The molecule has 1 saturated heterocycles. The molecule has 2 aliphatic heterocycles. The number of carbonyl (C=O) groups is 1. The first-order chi connectivity index (χ1) is 9.47. The van der Waals surface area contributed by atoms with Crippen LogP contribution in [-0.2, 0) is 5.41 Å². The maximum atomic E-state index is 11.4. The van der Waals surface area contributed by atoms with Gasteiger partial charge in [-0.05, 0) is 30.7 Å². The van der Waals surface area contributed by atoms with Crippen molar-refractivity contribution < 1.29 is 14.4 Å². The lowest BCUT2D eigenvalue weighted by Gasteiger charge is -2.28. The number of carbonyl (C=O) groups excluding carboxylic acids is 1. The molecule has 2 N–H and O–H groups in total. The third-order valence-electron chi connectivity index (χ3n) is 4.87. The third kappa shape index (κ3) is 1.69. The molecule has 0 saturated carbocycles. The summed E-state index contributed by atoms with van der Waals surface area (Å²) in [7, 11) is 5.97. The zero-order chi connectivity index (χ0) is 14.5. The predicted octanol–water partition coefficient (Wildman–Crippen LogP) is 0.357. The first-order valence-corrected chi connectivity index (χ1v) is 7.06. The van der Waals surface area contributed by atoms with E-state index in [-0.39, 0.29) is 5.41 Å². The number of ether oxygens (including phenoxy) is 1. The average Bonchev–Trinajstić information content (AvgIpc) is 2.85. The monoisotopic (exact) mass is 276 g/mol. The fraction of sp³-hybridized carbons (Fsp3) is 0.533. The van der Waals surface area contributed by atoms with Crippen LogP contribution in [0.4, 0.5) is 10.5 Å². The third-order valence-corrected chi connectivity index (χ3v) is 4.87. The van der Waals surface area contributed by atoms with Gasteiger partial charge >= 0.3 is 6.09 Å². The van der Waals surface area contributed by atoms with E-state index in [1.54, 1.807) is 11.9 Å². The lowest BCUT2D eigenvalue weighted by Crippen LogP contribution is -3.13. The summed E-state index contributed by atoms with van der Waals surface area (Å²) in [6, 6.07) is 5.95. The second-order valence-corrected chi connectivity index (χ2v) is 6.10. The minimum atomic E-state index is -0.424. The molecule has 20 heavy (non-hydrogen) atoms. The van der Waals surface area contributed by atoms with Gasteiger partial charge in [-0.25, -0.2) is 4.79 Å². The van der Waals surface area contributed by atoms with Crippen molar-refractivity contribution in [3.8, 4) is 5.75 Å². The van der Waals surface area contributed by atoms with Crippen LogP contribution in [0.5, 0.6) is 5.75 Å². The van der Waals surface area contributed by atoms with Crippen LogP contribution in [0.1, 0.15) is 18.9 Å². The number of quaternary nitrogens is 1. The number of hydrogen-bond acceptors (Lipinski definition) is 3. The summed E-state index contributed by atoms with van der Waals surface area (Å²) in [4.78, 5) is 15.3. The second-order valence-electron chi connectivity index (χ2n) is 6.10. The van der Waals surface area contributed by atoms with Gasteiger partial charge in [0.25, 0.3) is 0 Å². The lowest BCUT2D eigenvalue weighted by molar-refractivity contribution is -0.893. The molecule has 2 aliphatic rings. The van der Waals surface area contributed by atoms with Gasteiger partial charge < -0.3 is 19.9 Å². The molecule has 3 rings (SSSR count). The van der Waals surface area contributed by atoms with Crippen molar-refractivity contribution in [2.75, 3.05) is 32.6 Å². The fourth-order valence-electron chi connectivity index (χ4n) is 3.95. The van der Waals surface area contributed by atoms with E-state index in [1.807, 2.05) is 12.1 Å². The van der Waals surface area contributed by atoms with Crippen LogP contribution in [0, 0.1) is 0 Å². The molecule has 1 amide bonds. The number of amides is 1. The predicted molar refractivity (Wildman–Crippen MR) is 77.4 cm³/mol. The largest absolute Gasteiger partial charge is 0.412 e. The summed E-state index contributed by atoms with van der Waals surface area (Å²) >= 11 is 0. The highest BCUT2D eigenvalue weighted by Gasteiger charge is 2.55. The van der Waals surface area contributed by atoms with Gasteiger partial charge in [0.1, 0.15) is 5.75 Å². The summed E-state index contributed by atoms with van der Waals surface area (Å²) in [5.74, 6) is 0.614. The second kappa shape index (κ2) is 4.38. The zero-order valence-electron chi connectivity index (χ0n) is 12.5. The highest BCUT2D eigenvalue weighted by Crippen LogP contribution is 2.47. The van der Waals surface area contributed by atoms with E-state index in [9.17, 15) is 4.79 Å². The number of fused-ring (bicyclic) bond motifs is 3. The van der Waals surface area contributed by atoms with Gasteiger partial charge in [0.2, 0.25) is 0 Å². The molecule has 0 bridgehead atoms. The van der Waals surface area contributed by atoms with E-state index in [1.165, 1.54) is 17.8 Å². The molecule has 0 aliphatic carbocycles. The minimum absolute atomic E-state index is 0.135. The molecule has 108 valence electrons. The van der Waals surface area contributed by atoms with Gasteiger partial charge in [-0.3, -0.25) is 0 Å². The first kappa shape index (κ1) is 13.2. The van der Waals surface area contributed by atoms with Crippen molar-refractivity contribution in [3.05, 3.63) is 23.8 Å². The molecule has 0 radical (unpaired) electrons. The van der Waals surface area contributed by atoms with Gasteiger partial charge in [-0.1, -0.05) is 0 Å². The summed E-state index contributed by atoms with van der Waals surface area (Å²) in [5, 5.41) is 2.48. The van der Waals surface area contributed by atoms with Gasteiger partial charge in [-0.15, -0.1) is 0 Å². The molecular formula is C15H22N3O2+. The standard InChI is InChI=1S/C15H21N3O2/c1-15-7-8-17(3)13(15)18(4)12-6-5-10(9-11(12)15)20-14(19)16-2/h5-6,9,13H,7-8H2,1-4H3,(H,16,19)/p+1/t13-,15+/m1/s1. The number of anilines is 1. The maximum absolute atomic E-state index is 11.4. The van der Waals surface area contributed by atoms with E-state index < -0.39 is 6.09 Å². The normalized spacial score (nSPS) is 30.9. The molecule has 0 aromatic heterocycles. The van der Waals surface area contributed by atoms with E-state index >= 15 is 0 Å². The van der Waals surface area contributed by atoms with Crippen LogP contribution < -0.4 is 19.9 Å². The first-order valence-electron chi connectivity index (χ1n) is 7.06. The highest BCUT2D eigenvalue weighted by molar-refractivity contribution is 5.71. The van der Waals surface area contributed by atoms with Crippen LogP contribution in [0.15, 0.2) is 18.2 Å². The Kier molecular flexibility index (Phi) is 2.90. The number of likely N-dealkylation sites (tertiary alicyclic amines) is 1. The molecule has 2 heterocycles. The molecule has 3 atom stereocenters. The van der Waals surface area contributed by atoms with E-state index in [0.717, 1.165) is 6.42 Å². The molecule has 1 aromatic carbocycles. The summed E-state index contributed by atoms with van der Waals surface area (Å²) in [5.41, 5.74) is 2.68. The van der Waals surface area contributed by atoms with E-state index in [2.05, 4.69) is 37.3 Å². The van der Waals surface area contributed by atoms with Crippen molar-refractivity contribution in [1.82, 2.24) is 5.32 Å². The van der Waals surface area contributed by atoms with Crippen molar-refractivity contribution in [1.29, 1.82) is 0 Å². The average molecular weight is 276 g/mol. The summed E-state index contributed by atoms with van der Waals surface area (Å²) < 4.78 is 5.27. The Balaban J connectivity index is 2.00. The van der Waals surface area contributed by atoms with Gasteiger partial charge in [0, 0.05) is 26.2 Å². The van der Waals surface area contributed by atoms with Crippen molar-refractivity contribution in [2.45, 2.75) is 24.9 Å². The molecule has 1 fully saturated rings. The Morgan fingerprint density at radius 1 is 1.55 bits per heavy atom. The molecule has 1 aromatic rings. The highest BCUT2D eigenvalue weighted by atomic mass is 16.5. The van der Waals surface area contributed by atoms with Crippen molar-refractivity contribution in [3.63, 3.8) is 0 Å². The maximum Gasteiger partial charge on any atom is 0.412 e. The fourth-order valence-corrected chi connectivity index (χ4v) is 3.95. The quantitative estimate of drug-likeness (QED) is 0.778. The lowest BCUT2D eigenvalue weighted by atomic mass is 9.81. The van der Waals surface area contributed by atoms with Crippen LogP contribution in [-0.4, -0.2) is 39.9 Å². The number of rotatable bonds is 1. The Bertz CT molecular complexity index is 560. The Morgan fingerprint density at radius 3 is 3.00 bits per heavy atom. The Hall–Kier alpha value is -1.75. The van der Waals surface area contributed by atoms with Crippen LogP contribution in [0.2, 0.25) is 0 Å². The number of nitrogens with zero attached hydrogens (tertiary/aromatic N) is 1. The van der Waals surface area contributed by atoms with E-state index in [4.69, 9.17) is 4.74 Å². The van der Waals surface area contributed by atoms with Gasteiger partial charge in [-0.2, -0.15) is 0 Å². The van der Waals surface area contributed by atoms with Gasteiger partial charge in [0.15, 0.2) is 6.17 Å². The number of benzene rings is 1. The van der Waals surface area contributed by atoms with Crippen LogP contribution in [0.25, 0.3) is 0 Å². The smallest absolute Gasteiger partial charge is 0.410 e. The van der Waals surface area contributed by atoms with Crippen molar-refractivity contribution >= 4 is 11.8 Å². The number of likely N-dealkylation sites (N-methyl/N-ethyl adjacent to an activating group) is 2. The topological polar surface area (TPSA) is 46.0 Å². The number of hydrogen-bond donors (Lipinski definition) is 2.